The van der Waals surface area contributed by atoms with Crippen LogP contribution in [0.25, 0.3) is 5.76 Å². The molecule has 0 saturated carbocycles. The number of aliphatic hydroxyl groups is 1. The lowest BCUT2D eigenvalue weighted by atomic mass is 10.1. The molecule has 0 heterocycles. The molecule has 0 saturated heterocycles. The van der Waals surface area contributed by atoms with E-state index in [4.69, 9.17) is 0 Å². The Balaban J connectivity index is 2.53. The molecule has 0 aliphatic carbocycles. The van der Waals surface area contributed by atoms with E-state index in [0.29, 0.717) is 17.5 Å². The fourth-order valence-electron chi connectivity index (χ4n) is 1.37. The van der Waals surface area contributed by atoms with Crippen molar-refractivity contribution in [1.29, 1.82) is 0 Å². The molecule has 0 radical (unpaired) electrons. The second-order valence-corrected chi connectivity index (χ2v) is 3.80. The number of alkyl halides is 3. The van der Waals surface area contributed by atoms with Crippen LogP contribution in [-0.2, 0) is 11.3 Å². The zero-order valence-corrected chi connectivity index (χ0v) is 10.00. The molecular weight excluding hydrogens is 245 g/mol. The van der Waals surface area contributed by atoms with Gasteiger partial charge in [0.1, 0.15) is 12.4 Å². The average Bonchev–Trinajstić information content (AvgIpc) is 2.28. The topological polar surface area (TPSA) is 29.5 Å². The molecule has 2 nitrogen and oxygen atoms in total. The normalized spacial score (nSPS) is 12.8. The first kappa shape index (κ1) is 14.6. The third-order valence-electron chi connectivity index (χ3n) is 2.18. The van der Waals surface area contributed by atoms with Gasteiger partial charge in [0.05, 0.1) is 6.61 Å². The largest absolute Gasteiger partial charge is 0.508 e. The van der Waals surface area contributed by atoms with Crippen molar-refractivity contribution in [3.8, 4) is 0 Å². The van der Waals surface area contributed by atoms with Gasteiger partial charge in [-0.15, -0.1) is 0 Å². The van der Waals surface area contributed by atoms with Crippen molar-refractivity contribution < 1.29 is 23.0 Å². The number of benzene rings is 1. The first-order chi connectivity index (χ1) is 8.42. The maximum absolute atomic E-state index is 11.8. The predicted molar refractivity (Wildman–Crippen MR) is 63.0 cm³/mol. The van der Waals surface area contributed by atoms with Crippen molar-refractivity contribution in [1.82, 2.24) is 0 Å². The lowest BCUT2D eigenvalue weighted by Gasteiger charge is -2.08. The van der Waals surface area contributed by atoms with Crippen LogP contribution in [0.15, 0.2) is 30.3 Å². The van der Waals surface area contributed by atoms with E-state index < -0.39 is 12.8 Å². The van der Waals surface area contributed by atoms with Crippen LogP contribution in [0.4, 0.5) is 13.2 Å². The molecule has 5 heteroatoms. The van der Waals surface area contributed by atoms with E-state index in [1.165, 1.54) is 0 Å². The molecule has 0 aromatic heterocycles. The van der Waals surface area contributed by atoms with E-state index in [1.54, 1.807) is 30.3 Å². The van der Waals surface area contributed by atoms with Crippen LogP contribution in [0.3, 0.4) is 0 Å². The molecule has 18 heavy (non-hydrogen) atoms. The first-order valence-corrected chi connectivity index (χ1v) is 5.55. The quantitative estimate of drug-likeness (QED) is 0.808. The second-order valence-electron chi connectivity index (χ2n) is 3.80. The van der Waals surface area contributed by atoms with Gasteiger partial charge in [-0.2, -0.15) is 13.2 Å². The van der Waals surface area contributed by atoms with Gasteiger partial charge in [-0.1, -0.05) is 31.2 Å². The van der Waals surface area contributed by atoms with Crippen molar-refractivity contribution in [3.05, 3.63) is 41.5 Å². The minimum Gasteiger partial charge on any atom is -0.508 e. The number of hydrogen-bond acceptors (Lipinski definition) is 2. The fraction of sp³-hybridized carbons (Fsp3) is 0.385. The summed E-state index contributed by atoms with van der Waals surface area (Å²) in [5.74, 6) is 0.167. The molecular formula is C13H15F3O2. The summed E-state index contributed by atoms with van der Waals surface area (Å²) in [6.07, 6.45) is -1.93. The lowest BCUT2D eigenvalue weighted by molar-refractivity contribution is -0.176. The minimum atomic E-state index is -4.30. The molecule has 0 spiro atoms. The molecule has 0 aliphatic rings. The van der Waals surface area contributed by atoms with Crippen LogP contribution >= 0.6 is 0 Å². The molecule has 1 N–H and O–H groups in total. The number of aliphatic hydroxyl groups excluding tert-OH is 1. The molecule has 0 amide bonds. The third-order valence-corrected chi connectivity index (χ3v) is 2.18. The first-order valence-electron chi connectivity index (χ1n) is 5.55. The SMILES string of the molecule is CC/C=C(/O)c1ccc(COCC(F)(F)F)cc1. The molecule has 1 aromatic carbocycles. The Kier molecular flexibility index (Phi) is 5.22. The molecule has 0 aliphatic heterocycles. The van der Waals surface area contributed by atoms with E-state index in [2.05, 4.69) is 4.74 Å². The fourth-order valence-corrected chi connectivity index (χ4v) is 1.37. The Morgan fingerprint density at radius 2 is 1.89 bits per heavy atom. The summed E-state index contributed by atoms with van der Waals surface area (Å²) in [7, 11) is 0. The molecule has 0 bridgehead atoms. The van der Waals surface area contributed by atoms with Gasteiger partial charge in [-0.05, 0) is 18.1 Å². The molecule has 1 rings (SSSR count). The van der Waals surface area contributed by atoms with Crippen LogP contribution < -0.4 is 0 Å². The average molecular weight is 260 g/mol. The van der Waals surface area contributed by atoms with Crippen LogP contribution in [0.2, 0.25) is 0 Å². The Labute approximate surface area is 104 Å². The number of hydrogen-bond donors (Lipinski definition) is 1. The van der Waals surface area contributed by atoms with Crippen LogP contribution in [0, 0.1) is 0 Å². The van der Waals surface area contributed by atoms with Crippen LogP contribution in [-0.4, -0.2) is 17.9 Å². The number of halogens is 3. The standard InChI is InChI=1S/C13H15F3O2/c1-2-3-12(17)11-6-4-10(5-7-11)8-18-9-13(14,15)16/h3-7,17H,2,8-9H2,1H3/b12-3+. The number of allylic oxidation sites excluding steroid dienone is 1. The van der Waals surface area contributed by atoms with Crippen LogP contribution in [0.1, 0.15) is 24.5 Å². The Morgan fingerprint density at radius 1 is 1.28 bits per heavy atom. The van der Waals surface area contributed by atoms with Gasteiger partial charge in [-0.3, -0.25) is 0 Å². The van der Waals surface area contributed by atoms with Gasteiger partial charge in [0.15, 0.2) is 0 Å². The van der Waals surface area contributed by atoms with E-state index in [9.17, 15) is 18.3 Å². The monoisotopic (exact) mass is 260 g/mol. The predicted octanol–water partition coefficient (Wildman–Crippen LogP) is 4.07. The summed E-state index contributed by atoms with van der Waals surface area (Å²) in [6.45, 7) is 0.545. The highest BCUT2D eigenvalue weighted by atomic mass is 19.4. The Morgan fingerprint density at radius 3 is 2.39 bits per heavy atom. The summed E-state index contributed by atoms with van der Waals surface area (Å²) in [4.78, 5) is 0. The van der Waals surface area contributed by atoms with Crippen molar-refractivity contribution in [3.63, 3.8) is 0 Å². The maximum atomic E-state index is 11.8. The van der Waals surface area contributed by atoms with Crippen molar-refractivity contribution in [2.45, 2.75) is 26.1 Å². The molecule has 0 atom stereocenters. The highest BCUT2D eigenvalue weighted by molar-refractivity contribution is 5.58. The van der Waals surface area contributed by atoms with Crippen molar-refractivity contribution >= 4 is 5.76 Å². The highest BCUT2D eigenvalue weighted by Gasteiger charge is 2.27. The van der Waals surface area contributed by atoms with Crippen LogP contribution in [0.5, 0.6) is 0 Å². The minimum absolute atomic E-state index is 0.0992. The summed E-state index contributed by atoms with van der Waals surface area (Å²) in [5.41, 5.74) is 1.27. The molecule has 0 unspecified atom stereocenters. The third kappa shape index (κ3) is 5.23. The van der Waals surface area contributed by atoms with E-state index >= 15 is 0 Å². The smallest absolute Gasteiger partial charge is 0.411 e. The summed E-state index contributed by atoms with van der Waals surface area (Å²) < 4.78 is 40.1. The zero-order valence-electron chi connectivity index (χ0n) is 10.00. The van der Waals surface area contributed by atoms with E-state index in [-0.39, 0.29) is 12.4 Å². The van der Waals surface area contributed by atoms with E-state index in [1.807, 2.05) is 6.92 Å². The van der Waals surface area contributed by atoms with E-state index in [0.717, 1.165) is 0 Å². The zero-order chi connectivity index (χ0) is 13.6. The van der Waals surface area contributed by atoms with Gasteiger partial charge in [0.25, 0.3) is 0 Å². The lowest BCUT2D eigenvalue weighted by Crippen LogP contribution is -2.16. The van der Waals surface area contributed by atoms with Gasteiger partial charge in [0.2, 0.25) is 0 Å². The van der Waals surface area contributed by atoms with Gasteiger partial charge < -0.3 is 9.84 Å². The van der Waals surface area contributed by atoms with Gasteiger partial charge in [-0.25, -0.2) is 0 Å². The molecule has 100 valence electrons. The summed E-state index contributed by atoms with van der Waals surface area (Å²) >= 11 is 0. The van der Waals surface area contributed by atoms with Crippen molar-refractivity contribution in [2.24, 2.45) is 0 Å². The number of rotatable bonds is 5. The molecule has 0 fully saturated rings. The Bertz CT molecular complexity index is 394. The summed E-state index contributed by atoms with van der Waals surface area (Å²) in [5, 5.41) is 9.58. The van der Waals surface area contributed by atoms with Crippen molar-refractivity contribution in [2.75, 3.05) is 6.61 Å². The Hall–Kier alpha value is -1.49. The molecule has 1 aromatic rings. The highest BCUT2D eigenvalue weighted by Crippen LogP contribution is 2.17. The number of ether oxygens (including phenoxy) is 1. The second kappa shape index (κ2) is 6.44. The maximum Gasteiger partial charge on any atom is 0.411 e. The summed E-state index contributed by atoms with van der Waals surface area (Å²) in [6, 6.07) is 6.55. The van der Waals surface area contributed by atoms with Gasteiger partial charge >= 0.3 is 6.18 Å². The van der Waals surface area contributed by atoms with Gasteiger partial charge in [0, 0.05) is 5.56 Å².